The highest BCUT2D eigenvalue weighted by atomic mass is 35.5. The minimum Gasteiger partial charge on any atom is -0.229 e. The minimum atomic E-state index is -4.55. The quantitative estimate of drug-likeness (QED) is 0.739. The molecule has 0 atom stereocenters. The summed E-state index contributed by atoms with van der Waals surface area (Å²) in [5.41, 5.74) is 0.317. The summed E-state index contributed by atoms with van der Waals surface area (Å²) in [6.45, 7) is 3.78. The van der Waals surface area contributed by atoms with Crippen LogP contribution < -0.4 is 0 Å². The molecule has 0 saturated carbocycles. The summed E-state index contributed by atoms with van der Waals surface area (Å²) in [6, 6.07) is 1.36. The summed E-state index contributed by atoms with van der Waals surface area (Å²) in [5.74, 6) is -0.956. The molecule has 0 aliphatic carbocycles. The summed E-state index contributed by atoms with van der Waals surface area (Å²) in [7, 11) is 0. The number of hydrogen-bond acceptors (Lipinski definition) is 2. The first kappa shape index (κ1) is 12.2. The van der Waals surface area contributed by atoms with Gasteiger partial charge in [-0.3, -0.25) is 0 Å². The lowest BCUT2D eigenvalue weighted by Gasteiger charge is -2.08. The SMILES string of the molecule is CC(C)Cc1cc(Cl)nc(C(F)(F)F)n1. The first-order chi connectivity index (χ1) is 6.79. The van der Waals surface area contributed by atoms with Crippen LogP contribution >= 0.6 is 11.6 Å². The summed E-state index contributed by atoms with van der Waals surface area (Å²) in [6.07, 6.45) is -4.10. The Labute approximate surface area is 90.5 Å². The average molecular weight is 239 g/mol. The molecule has 0 aliphatic rings. The van der Waals surface area contributed by atoms with Crippen LogP contribution in [0.4, 0.5) is 13.2 Å². The molecule has 0 aromatic carbocycles. The van der Waals surface area contributed by atoms with Gasteiger partial charge in [-0.1, -0.05) is 25.4 Å². The van der Waals surface area contributed by atoms with Gasteiger partial charge in [-0.15, -0.1) is 0 Å². The molecule has 0 saturated heterocycles. The van der Waals surface area contributed by atoms with Gasteiger partial charge in [0.25, 0.3) is 0 Å². The van der Waals surface area contributed by atoms with Crippen LogP contribution in [0.25, 0.3) is 0 Å². The fourth-order valence-corrected chi connectivity index (χ4v) is 1.32. The lowest BCUT2D eigenvalue weighted by Crippen LogP contribution is -2.13. The molecule has 0 N–H and O–H groups in total. The van der Waals surface area contributed by atoms with Crippen molar-refractivity contribution in [3.63, 3.8) is 0 Å². The molecule has 1 aromatic rings. The molecule has 0 radical (unpaired) electrons. The van der Waals surface area contributed by atoms with Crippen molar-refractivity contribution in [1.29, 1.82) is 0 Å². The predicted octanol–water partition coefficient (Wildman–Crippen LogP) is 3.35. The van der Waals surface area contributed by atoms with Crippen LogP contribution in [0.2, 0.25) is 5.15 Å². The monoisotopic (exact) mass is 238 g/mol. The van der Waals surface area contributed by atoms with E-state index in [1.165, 1.54) is 6.07 Å². The fourth-order valence-electron chi connectivity index (χ4n) is 1.11. The summed E-state index contributed by atoms with van der Waals surface area (Å²) >= 11 is 5.49. The molecule has 0 amide bonds. The Morgan fingerprint density at radius 2 is 1.93 bits per heavy atom. The molecule has 84 valence electrons. The van der Waals surface area contributed by atoms with Crippen molar-refractivity contribution in [3.8, 4) is 0 Å². The highest BCUT2D eigenvalue weighted by Crippen LogP contribution is 2.27. The standard InChI is InChI=1S/C9H10ClF3N2/c1-5(2)3-6-4-7(10)15-8(14-6)9(11,12)13/h4-5H,3H2,1-2H3. The van der Waals surface area contributed by atoms with Crippen molar-refractivity contribution in [3.05, 3.63) is 22.7 Å². The first-order valence-corrected chi connectivity index (χ1v) is 4.77. The van der Waals surface area contributed by atoms with E-state index in [-0.39, 0.29) is 11.1 Å². The van der Waals surface area contributed by atoms with Crippen molar-refractivity contribution < 1.29 is 13.2 Å². The van der Waals surface area contributed by atoms with Crippen molar-refractivity contribution in [1.82, 2.24) is 9.97 Å². The van der Waals surface area contributed by atoms with Gasteiger partial charge in [0.2, 0.25) is 5.82 Å². The van der Waals surface area contributed by atoms with Gasteiger partial charge in [-0.2, -0.15) is 13.2 Å². The van der Waals surface area contributed by atoms with Crippen LogP contribution in [0.3, 0.4) is 0 Å². The summed E-state index contributed by atoms with van der Waals surface area (Å²) in [4.78, 5) is 6.57. The zero-order valence-corrected chi connectivity index (χ0v) is 9.02. The van der Waals surface area contributed by atoms with Crippen LogP contribution in [0.5, 0.6) is 0 Å². The second-order valence-corrected chi connectivity index (χ2v) is 3.99. The molecule has 2 nitrogen and oxygen atoms in total. The van der Waals surface area contributed by atoms with Crippen LogP contribution in [0, 0.1) is 5.92 Å². The van der Waals surface area contributed by atoms with E-state index < -0.39 is 12.0 Å². The number of alkyl halides is 3. The van der Waals surface area contributed by atoms with Gasteiger partial charge in [0.05, 0.1) is 0 Å². The van der Waals surface area contributed by atoms with Gasteiger partial charge in [-0.25, -0.2) is 9.97 Å². The normalized spacial score (nSPS) is 12.2. The first-order valence-electron chi connectivity index (χ1n) is 4.39. The third-order valence-electron chi connectivity index (χ3n) is 1.62. The number of hydrogen-bond donors (Lipinski definition) is 0. The Kier molecular flexibility index (Phi) is 3.54. The number of halogens is 4. The van der Waals surface area contributed by atoms with Crippen LogP contribution in [-0.2, 0) is 12.6 Å². The van der Waals surface area contributed by atoms with Crippen LogP contribution in [-0.4, -0.2) is 9.97 Å². The highest BCUT2D eigenvalue weighted by Gasteiger charge is 2.35. The van der Waals surface area contributed by atoms with Crippen molar-refractivity contribution in [2.24, 2.45) is 5.92 Å². The van der Waals surface area contributed by atoms with Crippen molar-refractivity contribution in [2.75, 3.05) is 0 Å². The summed E-state index contributed by atoms with van der Waals surface area (Å²) < 4.78 is 36.9. The largest absolute Gasteiger partial charge is 0.451 e. The Balaban J connectivity index is 3.06. The van der Waals surface area contributed by atoms with Gasteiger partial charge in [-0.05, 0) is 18.4 Å². The zero-order chi connectivity index (χ0) is 11.6. The highest BCUT2D eigenvalue weighted by molar-refractivity contribution is 6.29. The molecule has 0 spiro atoms. The summed E-state index contributed by atoms with van der Waals surface area (Å²) in [5, 5.41) is -0.173. The molecule has 1 heterocycles. The minimum absolute atomic E-state index is 0.173. The van der Waals surface area contributed by atoms with E-state index in [0.29, 0.717) is 12.1 Å². The molecular weight excluding hydrogens is 229 g/mol. The van der Waals surface area contributed by atoms with E-state index in [2.05, 4.69) is 9.97 Å². The number of aromatic nitrogens is 2. The maximum absolute atomic E-state index is 12.3. The van der Waals surface area contributed by atoms with E-state index in [4.69, 9.17) is 11.6 Å². The van der Waals surface area contributed by atoms with Gasteiger partial charge >= 0.3 is 6.18 Å². The van der Waals surface area contributed by atoms with E-state index in [1.54, 1.807) is 0 Å². The van der Waals surface area contributed by atoms with E-state index in [1.807, 2.05) is 13.8 Å². The topological polar surface area (TPSA) is 25.8 Å². The second-order valence-electron chi connectivity index (χ2n) is 3.60. The van der Waals surface area contributed by atoms with Crippen molar-refractivity contribution >= 4 is 11.6 Å². The molecule has 1 rings (SSSR count). The second kappa shape index (κ2) is 4.35. The van der Waals surface area contributed by atoms with Crippen LogP contribution in [0.15, 0.2) is 6.07 Å². The Hall–Kier alpha value is -0.840. The van der Waals surface area contributed by atoms with E-state index in [0.717, 1.165) is 0 Å². The van der Waals surface area contributed by atoms with Gasteiger partial charge in [0.15, 0.2) is 0 Å². The Morgan fingerprint density at radius 1 is 1.33 bits per heavy atom. The Bertz CT molecular complexity index is 350. The van der Waals surface area contributed by atoms with Crippen molar-refractivity contribution in [2.45, 2.75) is 26.4 Å². The molecule has 0 bridgehead atoms. The molecule has 6 heteroatoms. The number of rotatable bonds is 2. The smallest absolute Gasteiger partial charge is 0.229 e. The molecule has 0 fully saturated rings. The van der Waals surface area contributed by atoms with Gasteiger partial charge in [0, 0.05) is 5.69 Å². The number of nitrogens with zero attached hydrogens (tertiary/aromatic N) is 2. The lowest BCUT2D eigenvalue weighted by molar-refractivity contribution is -0.145. The maximum Gasteiger partial charge on any atom is 0.451 e. The van der Waals surface area contributed by atoms with E-state index in [9.17, 15) is 13.2 Å². The molecular formula is C9H10ClF3N2. The van der Waals surface area contributed by atoms with Gasteiger partial charge < -0.3 is 0 Å². The average Bonchev–Trinajstić information content (AvgIpc) is 1.99. The maximum atomic E-state index is 12.3. The predicted molar refractivity (Wildman–Crippen MR) is 50.6 cm³/mol. The fraction of sp³-hybridized carbons (Fsp3) is 0.556. The van der Waals surface area contributed by atoms with Crippen LogP contribution in [0.1, 0.15) is 25.4 Å². The lowest BCUT2D eigenvalue weighted by atomic mass is 10.1. The van der Waals surface area contributed by atoms with Gasteiger partial charge in [0.1, 0.15) is 5.15 Å². The van der Waals surface area contributed by atoms with E-state index >= 15 is 0 Å². The molecule has 0 unspecified atom stereocenters. The third-order valence-corrected chi connectivity index (χ3v) is 1.81. The zero-order valence-electron chi connectivity index (χ0n) is 8.27. The molecule has 15 heavy (non-hydrogen) atoms. The Morgan fingerprint density at radius 3 is 2.40 bits per heavy atom. The molecule has 1 aromatic heterocycles. The molecule has 0 aliphatic heterocycles. The third kappa shape index (κ3) is 3.66.